The summed E-state index contributed by atoms with van der Waals surface area (Å²) >= 11 is 6.11. The summed E-state index contributed by atoms with van der Waals surface area (Å²) in [6.45, 7) is 11.0. The number of nitrogens with zero attached hydrogens (tertiary/aromatic N) is 4. The molecule has 2 aromatic rings. The summed E-state index contributed by atoms with van der Waals surface area (Å²) < 4.78 is 7.63. The van der Waals surface area contributed by atoms with E-state index in [4.69, 9.17) is 16.3 Å². The highest BCUT2D eigenvalue weighted by Crippen LogP contribution is 2.24. The van der Waals surface area contributed by atoms with Crippen molar-refractivity contribution in [3.8, 4) is 5.69 Å². The number of aromatic nitrogens is 2. The minimum absolute atomic E-state index is 0.0767. The fourth-order valence-corrected chi connectivity index (χ4v) is 4.96. The predicted octanol–water partition coefficient (Wildman–Crippen LogP) is 3.80. The molecule has 7 heteroatoms. The van der Waals surface area contributed by atoms with Crippen molar-refractivity contribution in [2.75, 3.05) is 32.7 Å². The molecule has 0 aliphatic carbocycles. The number of likely N-dealkylation sites (tertiary alicyclic amines) is 1. The molecule has 2 aliphatic heterocycles. The quantitative estimate of drug-likeness (QED) is 0.740. The van der Waals surface area contributed by atoms with Gasteiger partial charge in [-0.05, 0) is 57.7 Å². The van der Waals surface area contributed by atoms with E-state index >= 15 is 0 Å². The van der Waals surface area contributed by atoms with Gasteiger partial charge in [-0.2, -0.15) is 5.10 Å². The van der Waals surface area contributed by atoms with Crippen molar-refractivity contribution < 1.29 is 9.53 Å². The fourth-order valence-electron chi connectivity index (χ4n) is 4.78. The van der Waals surface area contributed by atoms with Gasteiger partial charge in [-0.25, -0.2) is 4.68 Å². The topological polar surface area (TPSA) is 50.6 Å². The van der Waals surface area contributed by atoms with Gasteiger partial charge in [0.2, 0.25) is 0 Å². The molecular formula is C23H31ClN4O2. The summed E-state index contributed by atoms with van der Waals surface area (Å²) in [6.07, 6.45) is 4.38. The van der Waals surface area contributed by atoms with Crippen molar-refractivity contribution in [3.05, 3.63) is 46.7 Å². The molecule has 30 heavy (non-hydrogen) atoms. The molecule has 0 spiro atoms. The van der Waals surface area contributed by atoms with Crippen LogP contribution in [-0.4, -0.2) is 70.4 Å². The molecule has 0 saturated carbocycles. The smallest absolute Gasteiger partial charge is 0.257 e. The number of ether oxygens (including phenoxy) is 1. The molecule has 0 radical (unpaired) electrons. The molecule has 0 N–H and O–H groups in total. The summed E-state index contributed by atoms with van der Waals surface area (Å²) in [5, 5.41) is 5.10. The highest BCUT2D eigenvalue weighted by molar-refractivity contribution is 6.30. The minimum Gasteiger partial charge on any atom is -0.373 e. The Morgan fingerprint density at radius 3 is 2.57 bits per heavy atom. The maximum Gasteiger partial charge on any atom is 0.257 e. The van der Waals surface area contributed by atoms with E-state index in [0.717, 1.165) is 56.9 Å². The molecule has 4 rings (SSSR count). The lowest BCUT2D eigenvalue weighted by atomic mass is 9.95. The van der Waals surface area contributed by atoms with E-state index in [0.29, 0.717) is 28.7 Å². The molecule has 2 saturated heterocycles. The lowest BCUT2D eigenvalue weighted by Crippen LogP contribution is -2.48. The van der Waals surface area contributed by atoms with E-state index in [-0.39, 0.29) is 5.91 Å². The molecule has 2 aliphatic rings. The number of hydrogen-bond donors (Lipinski definition) is 0. The van der Waals surface area contributed by atoms with E-state index in [9.17, 15) is 4.79 Å². The summed E-state index contributed by atoms with van der Waals surface area (Å²) in [4.78, 5) is 17.6. The number of hydrogen-bond acceptors (Lipinski definition) is 4. The lowest BCUT2D eigenvalue weighted by molar-refractivity contribution is -0.0728. The van der Waals surface area contributed by atoms with Gasteiger partial charge in [-0.1, -0.05) is 17.7 Å². The Balaban J connectivity index is 1.36. The Kier molecular flexibility index (Phi) is 6.46. The number of amides is 1. The van der Waals surface area contributed by atoms with Crippen molar-refractivity contribution in [2.45, 2.75) is 45.8 Å². The largest absolute Gasteiger partial charge is 0.373 e. The molecule has 162 valence electrons. The third-order valence-electron chi connectivity index (χ3n) is 6.21. The Morgan fingerprint density at radius 1 is 1.20 bits per heavy atom. The minimum atomic E-state index is 0.0767. The van der Waals surface area contributed by atoms with Crippen LogP contribution >= 0.6 is 11.6 Å². The Hall–Kier alpha value is -1.89. The van der Waals surface area contributed by atoms with E-state index in [2.05, 4.69) is 23.8 Å². The zero-order valence-corrected chi connectivity index (χ0v) is 18.8. The van der Waals surface area contributed by atoms with Gasteiger partial charge >= 0.3 is 0 Å². The van der Waals surface area contributed by atoms with Gasteiger partial charge in [0.25, 0.3) is 5.91 Å². The van der Waals surface area contributed by atoms with E-state index in [1.807, 2.05) is 36.1 Å². The third kappa shape index (κ3) is 4.71. The first-order chi connectivity index (χ1) is 14.4. The maximum atomic E-state index is 13.1. The second-order valence-corrected chi connectivity index (χ2v) is 9.18. The molecule has 6 nitrogen and oxygen atoms in total. The second kappa shape index (κ2) is 9.08. The van der Waals surface area contributed by atoms with Crippen LogP contribution in [0.4, 0.5) is 0 Å². The zero-order chi connectivity index (χ0) is 21.3. The second-order valence-electron chi connectivity index (χ2n) is 8.75. The molecule has 0 bridgehead atoms. The first-order valence-corrected chi connectivity index (χ1v) is 11.3. The van der Waals surface area contributed by atoms with Crippen LogP contribution in [-0.2, 0) is 4.74 Å². The van der Waals surface area contributed by atoms with Gasteiger partial charge in [-0.3, -0.25) is 9.69 Å². The number of carbonyl (C=O) groups excluding carboxylic acids is 1. The van der Waals surface area contributed by atoms with E-state index < -0.39 is 0 Å². The molecule has 2 fully saturated rings. The number of halogens is 1. The summed E-state index contributed by atoms with van der Waals surface area (Å²) in [6, 6.07) is 7.52. The van der Waals surface area contributed by atoms with Gasteiger partial charge in [0.05, 0.1) is 35.3 Å². The van der Waals surface area contributed by atoms with Crippen LogP contribution in [0.3, 0.4) is 0 Å². The Morgan fingerprint density at radius 2 is 1.90 bits per heavy atom. The van der Waals surface area contributed by atoms with Gasteiger partial charge in [0.15, 0.2) is 0 Å². The molecule has 1 aromatic heterocycles. The van der Waals surface area contributed by atoms with Gasteiger partial charge in [0.1, 0.15) is 0 Å². The summed E-state index contributed by atoms with van der Waals surface area (Å²) in [5.41, 5.74) is 2.39. The van der Waals surface area contributed by atoms with Crippen molar-refractivity contribution in [1.29, 1.82) is 0 Å². The van der Waals surface area contributed by atoms with Crippen LogP contribution in [0.5, 0.6) is 0 Å². The zero-order valence-electron chi connectivity index (χ0n) is 18.1. The number of benzene rings is 1. The molecule has 1 amide bonds. The fraction of sp³-hybridized carbons (Fsp3) is 0.565. The number of piperidine rings is 1. The Bertz CT molecular complexity index is 881. The average molecular weight is 431 g/mol. The molecule has 2 atom stereocenters. The van der Waals surface area contributed by atoms with E-state index in [1.165, 1.54) is 0 Å². The standard InChI is InChI=1S/C23H31ClN4O2/c1-16-13-26(14-17(2)30-16)15-19-7-9-27(10-8-19)23(29)22-12-25-28(18(22)3)21-6-4-5-20(24)11-21/h4-6,11-12,16-17,19H,7-10,13-15H2,1-3H3. The normalized spacial score (nSPS) is 23.7. The van der Waals surface area contributed by atoms with Crippen LogP contribution in [0.25, 0.3) is 5.69 Å². The highest BCUT2D eigenvalue weighted by atomic mass is 35.5. The SMILES string of the molecule is Cc1c(C(=O)N2CCC(CN3CC(C)OC(C)C3)CC2)cnn1-c1cccc(Cl)c1. The van der Waals surface area contributed by atoms with Crippen molar-refractivity contribution in [1.82, 2.24) is 19.6 Å². The van der Waals surface area contributed by atoms with Gasteiger partial charge in [-0.15, -0.1) is 0 Å². The summed E-state index contributed by atoms with van der Waals surface area (Å²) in [5.74, 6) is 0.717. The number of carbonyl (C=O) groups is 1. The van der Waals surface area contributed by atoms with Crippen molar-refractivity contribution in [2.24, 2.45) is 5.92 Å². The first-order valence-electron chi connectivity index (χ1n) is 10.9. The van der Waals surface area contributed by atoms with Crippen LogP contribution < -0.4 is 0 Å². The third-order valence-corrected chi connectivity index (χ3v) is 6.44. The first kappa shape index (κ1) is 21.3. The highest BCUT2D eigenvalue weighted by Gasteiger charge is 2.29. The molecule has 3 heterocycles. The van der Waals surface area contributed by atoms with Gasteiger partial charge < -0.3 is 9.64 Å². The van der Waals surface area contributed by atoms with Crippen molar-refractivity contribution in [3.63, 3.8) is 0 Å². The lowest BCUT2D eigenvalue weighted by Gasteiger charge is -2.39. The molecule has 2 unspecified atom stereocenters. The summed E-state index contributed by atoms with van der Waals surface area (Å²) in [7, 11) is 0. The monoisotopic (exact) mass is 430 g/mol. The average Bonchev–Trinajstić information content (AvgIpc) is 3.08. The predicted molar refractivity (Wildman–Crippen MR) is 118 cm³/mol. The van der Waals surface area contributed by atoms with Crippen LogP contribution in [0.1, 0.15) is 42.7 Å². The van der Waals surface area contributed by atoms with Crippen LogP contribution in [0.15, 0.2) is 30.5 Å². The van der Waals surface area contributed by atoms with Gasteiger partial charge in [0, 0.05) is 37.7 Å². The number of rotatable bonds is 4. The van der Waals surface area contributed by atoms with E-state index in [1.54, 1.807) is 10.9 Å². The maximum absolute atomic E-state index is 13.1. The van der Waals surface area contributed by atoms with Crippen LogP contribution in [0.2, 0.25) is 5.02 Å². The Labute approximate surface area is 183 Å². The van der Waals surface area contributed by atoms with Crippen LogP contribution in [0, 0.1) is 12.8 Å². The molecular weight excluding hydrogens is 400 g/mol. The van der Waals surface area contributed by atoms with Crippen molar-refractivity contribution >= 4 is 17.5 Å². The molecule has 1 aromatic carbocycles. The number of morpholine rings is 1.